The molecule has 1 aromatic carbocycles. The Morgan fingerprint density at radius 2 is 2.12 bits per heavy atom. The van der Waals surface area contributed by atoms with Crippen molar-refractivity contribution in [3.05, 3.63) is 24.3 Å². The molecule has 1 fully saturated rings. The van der Waals surface area contributed by atoms with Crippen LogP contribution in [0.25, 0.3) is 0 Å². The van der Waals surface area contributed by atoms with E-state index in [9.17, 15) is 4.79 Å². The number of rotatable bonds is 3. The number of carbonyl (C=O) groups is 1. The van der Waals surface area contributed by atoms with Gasteiger partial charge in [0.05, 0.1) is 6.54 Å². The minimum absolute atomic E-state index is 0.201. The van der Waals surface area contributed by atoms with Gasteiger partial charge in [0.25, 0.3) is 0 Å². The topological polar surface area (TPSA) is 49.6 Å². The molecule has 1 amide bonds. The van der Waals surface area contributed by atoms with E-state index in [0.29, 0.717) is 6.54 Å². The average Bonchev–Trinajstić information content (AvgIpc) is 2.82. The van der Waals surface area contributed by atoms with Crippen molar-refractivity contribution in [1.82, 2.24) is 4.90 Å². The number of likely N-dealkylation sites (tertiary alicyclic amines) is 1. The van der Waals surface area contributed by atoms with E-state index in [0.717, 1.165) is 37.3 Å². The van der Waals surface area contributed by atoms with Crippen molar-refractivity contribution in [2.45, 2.75) is 12.8 Å². The molecule has 4 heteroatoms. The van der Waals surface area contributed by atoms with Gasteiger partial charge in [-0.2, -0.15) is 0 Å². The van der Waals surface area contributed by atoms with Crippen LogP contribution in [0.1, 0.15) is 12.8 Å². The van der Waals surface area contributed by atoms with Crippen LogP contribution in [0.3, 0.4) is 0 Å². The first-order chi connectivity index (χ1) is 8.16. The van der Waals surface area contributed by atoms with Gasteiger partial charge >= 0.3 is 0 Å². The number of hydrogen-bond acceptors (Lipinski definition) is 3. The van der Waals surface area contributed by atoms with Crippen LogP contribution in [0.2, 0.25) is 0 Å². The van der Waals surface area contributed by atoms with Crippen molar-refractivity contribution in [3.63, 3.8) is 0 Å². The minimum atomic E-state index is 0.201. The lowest BCUT2D eigenvalue weighted by atomic mass is 10.2. The Hall–Kier alpha value is -1.71. The molecule has 1 aliphatic rings. The van der Waals surface area contributed by atoms with Gasteiger partial charge in [-0.25, -0.2) is 0 Å². The number of benzene rings is 1. The van der Waals surface area contributed by atoms with E-state index in [1.54, 1.807) is 0 Å². The Balaban J connectivity index is 1.96. The minimum Gasteiger partial charge on any atom is -0.399 e. The molecule has 17 heavy (non-hydrogen) atoms. The summed E-state index contributed by atoms with van der Waals surface area (Å²) in [6.45, 7) is 2.23. The highest BCUT2D eigenvalue weighted by Crippen LogP contribution is 2.16. The van der Waals surface area contributed by atoms with Crippen molar-refractivity contribution in [2.75, 3.05) is 37.3 Å². The van der Waals surface area contributed by atoms with Gasteiger partial charge in [0.15, 0.2) is 0 Å². The van der Waals surface area contributed by atoms with E-state index < -0.39 is 0 Å². The highest BCUT2D eigenvalue weighted by molar-refractivity contribution is 5.81. The van der Waals surface area contributed by atoms with Crippen LogP contribution < -0.4 is 10.6 Å². The molecule has 1 saturated heterocycles. The number of hydrogen-bond donors (Lipinski definition) is 1. The number of nitrogen functional groups attached to an aromatic ring is 1. The molecular weight excluding hydrogens is 214 g/mol. The third kappa shape index (κ3) is 2.90. The maximum absolute atomic E-state index is 12.0. The fourth-order valence-electron chi connectivity index (χ4n) is 2.12. The summed E-state index contributed by atoms with van der Waals surface area (Å²) in [6, 6.07) is 7.60. The molecule has 1 heterocycles. The summed E-state index contributed by atoms with van der Waals surface area (Å²) in [5.41, 5.74) is 7.44. The molecule has 0 atom stereocenters. The van der Waals surface area contributed by atoms with E-state index in [4.69, 9.17) is 5.73 Å². The van der Waals surface area contributed by atoms with Gasteiger partial charge in [-0.1, -0.05) is 6.07 Å². The summed E-state index contributed by atoms with van der Waals surface area (Å²) < 4.78 is 0. The predicted molar refractivity (Wildman–Crippen MR) is 69.9 cm³/mol. The third-order valence-corrected chi connectivity index (χ3v) is 3.14. The molecule has 0 aromatic heterocycles. The van der Waals surface area contributed by atoms with Crippen molar-refractivity contribution in [2.24, 2.45) is 0 Å². The molecule has 2 rings (SSSR count). The quantitative estimate of drug-likeness (QED) is 0.801. The van der Waals surface area contributed by atoms with Crippen LogP contribution in [-0.4, -0.2) is 37.5 Å². The molecule has 0 saturated carbocycles. The van der Waals surface area contributed by atoms with E-state index in [-0.39, 0.29) is 5.91 Å². The summed E-state index contributed by atoms with van der Waals surface area (Å²) in [4.78, 5) is 15.8. The maximum atomic E-state index is 12.0. The number of likely N-dealkylation sites (N-methyl/N-ethyl adjacent to an activating group) is 1. The summed E-state index contributed by atoms with van der Waals surface area (Å²) in [5, 5.41) is 0. The smallest absolute Gasteiger partial charge is 0.242 e. The molecule has 1 aliphatic heterocycles. The maximum Gasteiger partial charge on any atom is 0.242 e. The number of nitrogens with two attached hydrogens (primary N) is 1. The Kier molecular flexibility index (Phi) is 3.52. The van der Waals surface area contributed by atoms with Crippen LogP contribution >= 0.6 is 0 Å². The van der Waals surface area contributed by atoms with Crippen LogP contribution in [0.15, 0.2) is 24.3 Å². The fourth-order valence-corrected chi connectivity index (χ4v) is 2.12. The second kappa shape index (κ2) is 5.08. The van der Waals surface area contributed by atoms with Gasteiger partial charge in [0, 0.05) is 31.5 Å². The van der Waals surface area contributed by atoms with E-state index in [2.05, 4.69) is 0 Å². The Labute approximate surface area is 102 Å². The fraction of sp³-hybridized carbons (Fsp3) is 0.462. The molecule has 4 nitrogen and oxygen atoms in total. The summed E-state index contributed by atoms with van der Waals surface area (Å²) >= 11 is 0. The van der Waals surface area contributed by atoms with Gasteiger partial charge in [-0.05, 0) is 31.0 Å². The number of carbonyl (C=O) groups excluding carboxylic acids is 1. The van der Waals surface area contributed by atoms with Gasteiger partial charge < -0.3 is 15.5 Å². The SMILES string of the molecule is CN(CC(=O)N1CCCC1)c1cccc(N)c1. The number of amides is 1. The van der Waals surface area contributed by atoms with Gasteiger partial charge in [-0.15, -0.1) is 0 Å². The molecule has 92 valence electrons. The summed E-state index contributed by atoms with van der Waals surface area (Å²) in [7, 11) is 1.92. The van der Waals surface area contributed by atoms with E-state index in [1.807, 2.05) is 41.1 Å². The Bertz CT molecular complexity index is 399. The van der Waals surface area contributed by atoms with Crippen molar-refractivity contribution in [1.29, 1.82) is 0 Å². The van der Waals surface area contributed by atoms with Crippen molar-refractivity contribution < 1.29 is 4.79 Å². The first-order valence-corrected chi connectivity index (χ1v) is 6.01. The highest BCUT2D eigenvalue weighted by Gasteiger charge is 2.19. The van der Waals surface area contributed by atoms with Crippen LogP contribution in [0, 0.1) is 0 Å². The lowest BCUT2D eigenvalue weighted by molar-refractivity contribution is -0.128. The van der Waals surface area contributed by atoms with Gasteiger partial charge in [-0.3, -0.25) is 4.79 Å². The standard InChI is InChI=1S/C13H19N3O/c1-15(12-6-4-5-11(14)9-12)10-13(17)16-7-2-3-8-16/h4-6,9H,2-3,7-8,10,14H2,1H3. The molecule has 0 unspecified atom stereocenters. The van der Waals surface area contributed by atoms with Crippen LogP contribution in [0.4, 0.5) is 11.4 Å². The molecule has 1 aromatic rings. The average molecular weight is 233 g/mol. The van der Waals surface area contributed by atoms with Crippen molar-refractivity contribution >= 4 is 17.3 Å². The first-order valence-electron chi connectivity index (χ1n) is 6.01. The second-order valence-electron chi connectivity index (χ2n) is 4.54. The Morgan fingerprint density at radius 3 is 2.76 bits per heavy atom. The molecule has 0 spiro atoms. The van der Waals surface area contributed by atoms with E-state index in [1.165, 1.54) is 0 Å². The molecule has 0 aliphatic carbocycles. The van der Waals surface area contributed by atoms with E-state index >= 15 is 0 Å². The number of anilines is 2. The zero-order chi connectivity index (χ0) is 12.3. The largest absolute Gasteiger partial charge is 0.399 e. The second-order valence-corrected chi connectivity index (χ2v) is 4.54. The lowest BCUT2D eigenvalue weighted by Crippen LogP contribution is -2.37. The zero-order valence-electron chi connectivity index (χ0n) is 10.2. The van der Waals surface area contributed by atoms with Crippen LogP contribution in [0.5, 0.6) is 0 Å². The van der Waals surface area contributed by atoms with Crippen molar-refractivity contribution in [3.8, 4) is 0 Å². The third-order valence-electron chi connectivity index (χ3n) is 3.14. The molecular formula is C13H19N3O. The Morgan fingerprint density at radius 1 is 1.41 bits per heavy atom. The monoisotopic (exact) mass is 233 g/mol. The molecule has 2 N–H and O–H groups in total. The highest BCUT2D eigenvalue weighted by atomic mass is 16.2. The van der Waals surface area contributed by atoms with Gasteiger partial charge in [0.1, 0.15) is 0 Å². The molecule has 0 radical (unpaired) electrons. The molecule has 0 bridgehead atoms. The van der Waals surface area contributed by atoms with Crippen LogP contribution in [-0.2, 0) is 4.79 Å². The normalized spacial score (nSPS) is 15.0. The summed E-state index contributed by atoms with van der Waals surface area (Å²) in [5.74, 6) is 0.201. The number of nitrogens with zero attached hydrogens (tertiary/aromatic N) is 2. The first kappa shape index (κ1) is 11.8. The lowest BCUT2D eigenvalue weighted by Gasteiger charge is -2.23. The summed E-state index contributed by atoms with van der Waals surface area (Å²) in [6.07, 6.45) is 2.27. The zero-order valence-corrected chi connectivity index (χ0v) is 10.2. The predicted octanol–water partition coefficient (Wildman–Crippen LogP) is 1.33. The van der Waals surface area contributed by atoms with Gasteiger partial charge in [0.2, 0.25) is 5.91 Å².